The number of sulfonamides is 1. The molecule has 0 aliphatic carbocycles. The molecule has 7 nitrogen and oxygen atoms in total. The van der Waals surface area contributed by atoms with Gasteiger partial charge in [0.2, 0.25) is 21.8 Å². The van der Waals surface area contributed by atoms with Crippen LogP contribution in [0.4, 0.5) is 10.1 Å². The monoisotopic (exact) mass is 551 g/mol. The number of hydrogen-bond donors (Lipinski definition) is 1. The lowest BCUT2D eigenvalue weighted by Crippen LogP contribution is -2.52. The molecule has 0 saturated heterocycles. The van der Waals surface area contributed by atoms with Crippen molar-refractivity contribution >= 4 is 62.3 Å². The zero-order chi connectivity index (χ0) is 25.8. The molecule has 2 amide bonds. The zero-order valence-electron chi connectivity index (χ0n) is 19.0. The van der Waals surface area contributed by atoms with Crippen molar-refractivity contribution in [2.45, 2.75) is 39.4 Å². The Labute approximate surface area is 213 Å². The van der Waals surface area contributed by atoms with Crippen molar-refractivity contribution in [3.63, 3.8) is 0 Å². The molecular formula is C22H25Cl3FN3O4S. The number of rotatable bonds is 9. The predicted molar refractivity (Wildman–Crippen MR) is 133 cm³/mol. The van der Waals surface area contributed by atoms with Gasteiger partial charge in [-0.25, -0.2) is 12.8 Å². The van der Waals surface area contributed by atoms with Gasteiger partial charge in [0, 0.05) is 18.2 Å². The molecule has 2 rings (SSSR count). The van der Waals surface area contributed by atoms with Gasteiger partial charge in [-0.1, -0.05) is 53.0 Å². The minimum atomic E-state index is -4.02. The van der Waals surface area contributed by atoms with E-state index in [4.69, 9.17) is 34.8 Å². The molecule has 0 fully saturated rings. The summed E-state index contributed by atoms with van der Waals surface area (Å²) in [6.45, 7) is 4.03. The highest BCUT2D eigenvalue weighted by atomic mass is 35.5. The Balaban J connectivity index is 2.48. The first-order chi connectivity index (χ1) is 15.7. The van der Waals surface area contributed by atoms with Crippen molar-refractivity contribution < 1.29 is 22.4 Å². The van der Waals surface area contributed by atoms with Crippen molar-refractivity contribution in [2.24, 2.45) is 0 Å². The van der Waals surface area contributed by atoms with Gasteiger partial charge in [0.25, 0.3) is 0 Å². The molecule has 2 aromatic carbocycles. The van der Waals surface area contributed by atoms with Crippen molar-refractivity contribution in [3.05, 3.63) is 62.8 Å². The SMILES string of the molecule is CC(C)NC(=O)[C@@H](C)N(Cc1ccccc1F)C(=O)CN(c1cc(Cl)c(Cl)cc1Cl)S(C)(=O)=O. The van der Waals surface area contributed by atoms with Gasteiger partial charge in [-0.3, -0.25) is 13.9 Å². The van der Waals surface area contributed by atoms with Crippen LogP contribution in [-0.2, 0) is 26.2 Å². The second-order valence-corrected chi connectivity index (χ2v) is 11.1. The third-order valence-electron chi connectivity index (χ3n) is 4.83. The quantitative estimate of drug-likeness (QED) is 0.464. The Hall–Kier alpha value is -2.07. The summed E-state index contributed by atoms with van der Waals surface area (Å²) < 4.78 is 40.3. The minimum Gasteiger partial charge on any atom is -0.352 e. The van der Waals surface area contributed by atoms with Gasteiger partial charge in [-0.15, -0.1) is 0 Å². The van der Waals surface area contributed by atoms with Crippen LogP contribution in [0.25, 0.3) is 0 Å². The molecule has 1 N–H and O–H groups in total. The molecule has 0 heterocycles. The van der Waals surface area contributed by atoms with Crippen molar-refractivity contribution in [1.29, 1.82) is 0 Å². The second-order valence-electron chi connectivity index (χ2n) is 7.94. The summed E-state index contributed by atoms with van der Waals surface area (Å²) in [5, 5.41) is 2.81. The van der Waals surface area contributed by atoms with E-state index in [1.54, 1.807) is 19.9 Å². The van der Waals surface area contributed by atoms with Gasteiger partial charge < -0.3 is 10.2 Å². The average Bonchev–Trinajstić information content (AvgIpc) is 2.72. The fourth-order valence-corrected chi connectivity index (χ4v) is 4.64. The van der Waals surface area contributed by atoms with Crippen LogP contribution in [0.3, 0.4) is 0 Å². The van der Waals surface area contributed by atoms with E-state index in [2.05, 4.69) is 5.32 Å². The van der Waals surface area contributed by atoms with Crippen LogP contribution >= 0.6 is 34.8 Å². The van der Waals surface area contributed by atoms with Gasteiger partial charge >= 0.3 is 0 Å². The maximum absolute atomic E-state index is 14.4. The van der Waals surface area contributed by atoms with E-state index in [9.17, 15) is 22.4 Å². The van der Waals surface area contributed by atoms with Crippen LogP contribution in [0.1, 0.15) is 26.3 Å². The number of nitrogens with zero attached hydrogens (tertiary/aromatic N) is 2. The first-order valence-electron chi connectivity index (χ1n) is 10.2. The standard InChI is InChI=1S/C22H25Cl3FN3O4S/c1-13(2)27-22(31)14(3)28(11-15-7-5-6-8-19(15)26)21(30)12-29(34(4,32)33)20-10-17(24)16(23)9-18(20)25/h5-10,13-14H,11-12H2,1-4H3,(H,27,31)/t14-/m1/s1. The normalized spacial score (nSPS) is 12.4. The van der Waals surface area contributed by atoms with Crippen molar-refractivity contribution in [3.8, 4) is 0 Å². The van der Waals surface area contributed by atoms with Crippen molar-refractivity contribution in [2.75, 3.05) is 17.1 Å². The number of halogens is 4. The number of hydrogen-bond acceptors (Lipinski definition) is 4. The number of carbonyl (C=O) groups excluding carboxylic acids is 2. The summed E-state index contributed by atoms with van der Waals surface area (Å²) in [7, 11) is -4.02. The molecule has 0 unspecified atom stereocenters. The molecule has 2 aromatic rings. The number of benzene rings is 2. The van der Waals surface area contributed by atoms with Crippen LogP contribution < -0.4 is 9.62 Å². The van der Waals surface area contributed by atoms with E-state index in [0.717, 1.165) is 15.5 Å². The molecule has 186 valence electrons. The van der Waals surface area contributed by atoms with Crippen LogP contribution in [0.2, 0.25) is 15.1 Å². The Bertz CT molecular complexity index is 1180. The van der Waals surface area contributed by atoms with E-state index in [1.807, 2.05) is 0 Å². The minimum absolute atomic E-state index is 0.0371. The third kappa shape index (κ3) is 7.21. The first-order valence-corrected chi connectivity index (χ1v) is 13.2. The lowest BCUT2D eigenvalue weighted by molar-refractivity contribution is -0.139. The lowest BCUT2D eigenvalue weighted by Gasteiger charge is -2.32. The molecule has 0 saturated carbocycles. The summed E-state index contributed by atoms with van der Waals surface area (Å²) in [6, 6.07) is 7.07. The van der Waals surface area contributed by atoms with E-state index in [-0.39, 0.29) is 38.9 Å². The largest absolute Gasteiger partial charge is 0.352 e. The molecule has 34 heavy (non-hydrogen) atoms. The van der Waals surface area contributed by atoms with Crippen LogP contribution in [-0.4, -0.2) is 50.0 Å². The van der Waals surface area contributed by atoms with Gasteiger partial charge in [0.05, 0.1) is 27.0 Å². The molecule has 0 aromatic heterocycles. The van der Waals surface area contributed by atoms with Crippen molar-refractivity contribution in [1.82, 2.24) is 10.2 Å². The molecule has 1 atom stereocenters. The van der Waals surface area contributed by atoms with E-state index in [0.29, 0.717) is 0 Å². The fraction of sp³-hybridized carbons (Fsp3) is 0.364. The molecule has 0 aliphatic heterocycles. The maximum Gasteiger partial charge on any atom is 0.244 e. The number of amides is 2. The molecule has 0 radical (unpaired) electrons. The average molecular weight is 553 g/mol. The summed E-state index contributed by atoms with van der Waals surface area (Å²) in [5.74, 6) is -1.79. The Morgan fingerprint density at radius 3 is 2.18 bits per heavy atom. The van der Waals surface area contributed by atoms with E-state index < -0.39 is 40.2 Å². The summed E-state index contributed by atoms with van der Waals surface area (Å²) in [6.07, 6.45) is 0.898. The number of anilines is 1. The Morgan fingerprint density at radius 2 is 1.62 bits per heavy atom. The second kappa shape index (κ2) is 11.6. The fourth-order valence-electron chi connectivity index (χ4n) is 3.10. The van der Waals surface area contributed by atoms with Gasteiger partial charge in [0.15, 0.2) is 0 Å². The predicted octanol–water partition coefficient (Wildman–Crippen LogP) is 4.49. The topological polar surface area (TPSA) is 86.8 Å². The van der Waals surface area contributed by atoms with E-state index >= 15 is 0 Å². The summed E-state index contributed by atoms with van der Waals surface area (Å²) in [5.41, 5.74) is 0.107. The molecule has 0 spiro atoms. The number of nitrogens with one attached hydrogen (secondary N) is 1. The Kier molecular flexibility index (Phi) is 9.59. The highest BCUT2D eigenvalue weighted by molar-refractivity contribution is 7.92. The summed E-state index contributed by atoms with van der Waals surface area (Å²) >= 11 is 18.2. The molecule has 0 aliphatic rings. The molecular weight excluding hydrogens is 528 g/mol. The zero-order valence-corrected chi connectivity index (χ0v) is 22.1. The summed E-state index contributed by atoms with van der Waals surface area (Å²) in [4.78, 5) is 27.2. The number of carbonyl (C=O) groups is 2. The van der Waals surface area contributed by atoms with Gasteiger partial charge in [0.1, 0.15) is 18.4 Å². The first kappa shape index (κ1) is 28.2. The van der Waals surface area contributed by atoms with Crippen LogP contribution in [0.5, 0.6) is 0 Å². The van der Waals surface area contributed by atoms with Crippen LogP contribution in [0, 0.1) is 5.82 Å². The Morgan fingerprint density at radius 1 is 1.03 bits per heavy atom. The lowest BCUT2D eigenvalue weighted by atomic mass is 10.1. The van der Waals surface area contributed by atoms with Gasteiger partial charge in [-0.05, 0) is 39.0 Å². The maximum atomic E-state index is 14.4. The van der Waals surface area contributed by atoms with Gasteiger partial charge in [-0.2, -0.15) is 0 Å². The molecule has 0 bridgehead atoms. The van der Waals surface area contributed by atoms with Crippen LogP contribution in [0.15, 0.2) is 36.4 Å². The molecule has 12 heteroatoms. The third-order valence-corrected chi connectivity index (χ3v) is 6.99. The smallest absolute Gasteiger partial charge is 0.244 e. The highest BCUT2D eigenvalue weighted by Gasteiger charge is 2.31. The highest BCUT2D eigenvalue weighted by Crippen LogP contribution is 2.35. The van der Waals surface area contributed by atoms with E-state index in [1.165, 1.54) is 37.3 Å².